The maximum Gasteiger partial charge on any atom is 0.252 e. The Morgan fingerprint density at radius 2 is 1.05 bits per heavy atom. The largest absolute Gasteiger partial charge is 0.294 e. The van der Waals surface area contributed by atoms with Crippen LogP contribution in [0.25, 0.3) is 10.8 Å². The SMILES string of the molecule is O=C1CSC(c2ccc(F)cc2)N1Nc1ccc(NN2C(=O)CSC2c2ccc(F)cc2)c2cnncc12. The molecule has 0 aliphatic carbocycles. The number of nitrogens with zero attached hydrogens (tertiary/aromatic N) is 4. The number of hydrazine groups is 2. The van der Waals surface area contributed by atoms with Crippen molar-refractivity contribution < 1.29 is 18.4 Å². The first kappa shape index (κ1) is 24.4. The fraction of sp³-hybridized carbons (Fsp3) is 0.154. The lowest BCUT2D eigenvalue weighted by Gasteiger charge is -2.28. The number of carbonyl (C=O) groups is 2. The van der Waals surface area contributed by atoms with Gasteiger partial charge in [0.25, 0.3) is 11.8 Å². The van der Waals surface area contributed by atoms with Crippen molar-refractivity contribution in [1.29, 1.82) is 0 Å². The van der Waals surface area contributed by atoms with E-state index in [0.29, 0.717) is 22.1 Å². The molecular weight excluding hydrogens is 530 g/mol. The molecule has 4 aromatic rings. The molecule has 2 N–H and O–H groups in total. The molecule has 192 valence electrons. The van der Waals surface area contributed by atoms with Crippen molar-refractivity contribution in [2.45, 2.75) is 10.7 Å². The summed E-state index contributed by atoms with van der Waals surface area (Å²) in [5, 5.41) is 11.8. The number of anilines is 2. The zero-order chi connectivity index (χ0) is 26.2. The van der Waals surface area contributed by atoms with Gasteiger partial charge in [-0.25, -0.2) is 18.8 Å². The molecular formula is C26H20F2N6O2S2. The summed E-state index contributed by atoms with van der Waals surface area (Å²) in [5.41, 5.74) is 9.29. The smallest absolute Gasteiger partial charge is 0.252 e. The lowest BCUT2D eigenvalue weighted by atomic mass is 10.1. The fourth-order valence-corrected chi connectivity index (χ4v) is 6.61. The van der Waals surface area contributed by atoms with Crippen molar-refractivity contribution >= 4 is 57.5 Å². The van der Waals surface area contributed by atoms with Crippen molar-refractivity contribution in [2.24, 2.45) is 0 Å². The molecule has 1 aromatic heterocycles. The minimum atomic E-state index is -0.341. The van der Waals surface area contributed by atoms with Crippen LogP contribution in [-0.4, -0.2) is 43.5 Å². The highest BCUT2D eigenvalue weighted by molar-refractivity contribution is 8.00. The molecule has 6 rings (SSSR count). The van der Waals surface area contributed by atoms with Crippen LogP contribution in [0.5, 0.6) is 0 Å². The zero-order valence-electron chi connectivity index (χ0n) is 19.7. The lowest BCUT2D eigenvalue weighted by molar-refractivity contribution is -0.127. The summed E-state index contributed by atoms with van der Waals surface area (Å²) in [6.07, 6.45) is 3.17. The van der Waals surface area contributed by atoms with Crippen molar-refractivity contribution in [1.82, 2.24) is 20.2 Å². The van der Waals surface area contributed by atoms with E-state index in [-0.39, 0.29) is 45.7 Å². The van der Waals surface area contributed by atoms with E-state index < -0.39 is 0 Å². The van der Waals surface area contributed by atoms with Crippen molar-refractivity contribution in [3.05, 3.63) is 95.8 Å². The maximum absolute atomic E-state index is 13.5. The van der Waals surface area contributed by atoms with E-state index >= 15 is 0 Å². The van der Waals surface area contributed by atoms with Gasteiger partial charge in [-0.3, -0.25) is 20.4 Å². The topological polar surface area (TPSA) is 90.5 Å². The number of carbonyl (C=O) groups excluding carboxylic acids is 2. The predicted molar refractivity (Wildman–Crippen MR) is 144 cm³/mol. The summed E-state index contributed by atoms with van der Waals surface area (Å²) >= 11 is 2.89. The average Bonchev–Trinajstić information content (AvgIpc) is 3.48. The number of fused-ring (bicyclic) bond motifs is 1. The van der Waals surface area contributed by atoms with Crippen LogP contribution in [0.3, 0.4) is 0 Å². The summed E-state index contributed by atoms with van der Waals surface area (Å²) in [4.78, 5) is 25.5. The average molecular weight is 551 g/mol. The van der Waals surface area contributed by atoms with Gasteiger partial charge in [-0.15, -0.1) is 23.5 Å². The number of nitrogens with one attached hydrogen (secondary N) is 2. The highest BCUT2D eigenvalue weighted by atomic mass is 32.2. The van der Waals surface area contributed by atoms with Crippen molar-refractivity contribution in [2.75, 3.05) is 22.4 Å². The second-order valence-electron chi connectivity index (χ2n) is 8.66. The highest BCUT2D eigenvalue weighted by Gasteiger charge is 2.35. The van der Waals surface area contributed by atoms with Gasteiger partial charge < -0.3 is 0 Å². The van der Waals surface area contributed by atoms with E-state index in [2.05, 4.69) is 21.0 Å². The van der Waals surface area contributed by atoms with Crippen LogP contribution in [0.1, 0.15) is 21.9 Å². The summed E-state index contributed by atoms with van der Waals surface area (Å²) < 4.78 is 26.9. The number of halogens is 2. The first-order valence-corrected chi connectivity index (χ1v) is 13.7. The molecule has 0 spiro atoms. The van der Waals surface area contributed by atoms with Gasteiger partial charge >= 0.3 is 0 Å². The fourth-order valence-electron chi connectivity index (χ4n) is 4.39. The second kappa shape index (κ2) is 10.1. The molecule has 2 fully saturated rings. The van der Waals surface area contributed by atoms with Gasteiger partial charge in [-0.1, -0.05) is 24.3 Å². The molecule has 2 aliphatic heterocycles. The van der Waals surface area contributed by atoms with E-state index in [1.54, 1.807) is 48.8 Å². The summed E-state index contributed by atoms with van der Waals surface area (Å²) in [6, 6.07) is 15.8. The summed E-state index contributed by atoms with van der Waals surface area (Å²) in [7, 11) is 0. The van der Waals surface area contributed by atoms with Crippen LogP contribution in [0.15, 0.2) is 73.1 Å². The number of rotatable bonds is 6. The molecule has 2 amide bonds. The number of hydrogen-bond acceptors (Lipinski definition) is 8. The number of aromatic nitrogens is 2. The molecule has 2 aliphatic rings. The van der Waals surface area contributed by atoms with Gasteiger partial charge in [0.2, 0.25) is 0 Å². The normalized spacial score (nSPS) is 19.4. The Hall–Kier alpha value is -3.90. The van der Waals surface area contributed by atoms with Gasteiger partial charge in [0, 0.05) is 10.8 Å². The molecule has 38 heavy (non-hydrogen) atoms. The Balaban J connectivity index is 1.30. The zero-order valence-corrected chi connectivity index (χ0v) is 21.3. The van der Waals surface area contributed by atoms with Crippen LogP contribution >= 0.6 is 23.5 Å². The van der Waals surface area contributed by atoms with Gasteiger partial charge in [0.1, 0.15) is 22.4 Å². The van der Waals surface area contributed by atoms with E-state index in [4.69, 9.17) is 0 Å². The molecule has 2 atom stereocenters. The van der Waals surface area contributed by atoms with Crippen LogP contribution in [0.2, 0.25) is 0 Å². The molecule has 2 saturated heterocycles. The van der Waals surface area contributed by atoms with E-state index in [9.17, 15) is 18.4 Å². The monoisotopic (exact) mass is 550 g/mol. The molecule has 2 unspecified atom stereocenters. The number of hydrogen-bond donors (Lipinski definition) is 2. The van der Waals surface area contributed by atoms with Crippen LogP contribution in [-0.2, 0) is 9.59 Å². The Labute approximate surface area is 224 Å². The number of amides is 2. The molecule has 0 saturated carbocycles. The molecule has 0 radical (unpaired) electrons. The van der Waals surface area contributed by atoms with Crippen molar-refractivity contribution in [3.63, 3.8) is 0 Å². The molecule has 3 aromatic carbocycles. The molecule has 8 nitrogen and oxygen atoms in total. The summed E-state index contributed by atoms with van der Waals surface area (Å²) in [6.45, 7) is 0. The summed E-state index contributed by atoms with van der Waals surface area (Å²) in [5.74, 6) is -0.330. The second-order valence-corrected chi connectivity index (χ2v) is 10.8. The van der Waals surface area contributed by atoms with E-state index in [1.807, 2.05) is 0 Å². The minimum absolute atomic E-state index is 0.108. The van der Waals surface area contributed by atoms with Gasteiger partial charge in [0.05, 0.1) is 35.3 Å². The third-order valence-electron chi connectivity index (χ3n) is 6.26. The van der Waals surface area contributed by atoms with Gasteiger partial charge in [0.15, 0.2) is 0 Å². The Kier molecular flexibility index (Phi) is 6.50. The first-order chi connectivity index (χ1) is 18.5. The molecule has 3 heterocycles. The van der Waals surface area contributed by atoms with Crippen LogP contribution in [0, 0.1) is 11.6 Å². The highest BCUT2D eigenvalue weighted by Crippen LogP contribution is 2.42. The van der Waals surface area contributed by atoms with Crippen molar-refractivity contribution in [3.8, 4) is 0 Å². The first-order valence-electron chi connectivity index (χ1n) is 11.6. The molecule has 12 heteroatoms. The predicted octanol–water partition coefficient (Wildman–Crippen LogP) is 5.11. The number of benzene rings is 3. The minimum Gasteiger partial charge on any atom is -0.294 e. The van der Waals surface area contributed by atoms with E-state index in [0.717, 1.165) is 11.1 Å². The Morgan fingerprint density at radius 1 is 0.658 bits per heavy atom. The third-order valence-corrected chi connectivity index (χ3v) is 8.68. The quantitative estimate of drug-likeness (QED) is 0.342. The van der Waals surface area contributed by atoms with Crippen LogP contribution in [0.4, 0.5) is 20.2 Å². The standard InChI is InChI=1S/C26H20F2N6O2S2/c27-17-5-1-15(2-6-17)25-33(23(35)13-37-25)31-21-9-10-22(20-12-30-29-11-19(20)21)32-34-24(36)14-38-26(34)16-3-7-18(28)8-4-16/h1-12,25-26,31-32H,13-14H2. The van der Waals surface area contributed by atoms with E-state index in [1.165, 1.54) is 57.8 Å². The Morgan fingerprint density at radius 3 is 1.45 bits per heavy atom. The lowest BCUT2D eigenvalue weighted by Crippen LogP contribution is -2.34. The number of thioether (sulfide) groups is 2. The Bertz CT molecular complexity index is 1410. The van der Waals surface area contributed by atoms with Gasteiger partial charge in [-0.2, -0.15) is 10.2 Å². The van der Waals surface area contributed by atoms with Gasteiger partial charge in [-0.05, 0) is 47.5 Å². The maximum atomic E-state index is 13.5. The third kappa shape index (κ3) is 4.61. The van der Waals surface area contributed by atoms with Crippen LogP contribution < -0.4 is 10.9 Å². The molecule has 0 bridgehead atoms.